The summed E-state index contributed by atoms with van der Waals surface area (Å²) < 4.78 is 0. The predicted molar refractivity (Wildman–Crippen MR) is 95.6 cm³/mol. The molecule has 5 aromatic rings. The fourth-order valence-corrected chi connectivity index (χ4v) is 3.41. The van der Waals surface area contributed by atoms with Gasteiger partial charge in [0.2, 0.25) is 0 Å². The van der Waals surface area contributed by atoms with Gasteiger partial charge in [0, 0.05) is 0 Å². The van der Waals surface area contributed by atoms with Crippen LogP contribution in [0.5, 0.6) is 0 Å². The van der Waals surface area contributed by atoms with Crippen LogP contribution >= 0.6 is 0 Å². The molecule has 0 fully saturated rings. The molecular formula is C20H12BN. The summed E-state index contributed by atoms with van der Waals surface area (Å²) in [5.41, 5.74) is 0. The summed E-state index contributed by atoms with van der Waals surface area (Å²) in [5.74, 6) is 0. The van der Waals surface area contributed by atoms with Gasteiger partial charge in [-0.15, -0.1) is 0 Å². The Morgan fingerprint density at radius 3 is 2.27 bits per heavy atom. The van der Waals surface area contributed by atoms with Crippen LogP contribution < -0.4 is 0 Å². The van der Waals surface area contributed by atoms with Gasteiger partial charge in [-0.1, -0.05) is 0 Å². The molecule has 0 unspecified atom stereocenters. The Balaban J connectivity index is 2.02. The zero-order valence-corrected chi connectivity index (χ0v) is 12.0. The molecule has 5 rings (SSSR count). The molecule has 4 aromatic carbocycles. The number of nitrogens with zero attached hydrogens (tertiary/aromatic N) is 1. The monoisotopic (exact) mass is 277 g/mol. The molecule has 0 saturated heterocycles. The van der Waals surface area contributed by atoms with Crippen LogP contribution in [0.1, 0.15) is 0 Å². The minimum atomic E-state index is 1.19. The van der Waals surface area contributed by atoms with Gasteiger partial charge in [0.15, 0.2) is 0 Å². The van der Waals surface area contributed by atoms with Crippen molar-refractivity contribution in [3.05, 3.63) is 72.9 Å². The molecule has 0 N–H and O–H groups in total. The average Bonchev–Trinajstić information content (AvgIpc) is 2.59. The van der Waals surface area contributed by atoms with Gasteiger partial charge in [0.1, 0.15) is 0 Å². The van der Waals surface area contributed by atoms with E-state index in [1.165, 1.54) is 43.0 Å². The van der Waals surface area contributed by atoms with Gasteiger partial charge < -0.3 is 0 Å². The van der Waals surface area contributed by atoms with Crippen LogP contribution in [0.2, 0.25) is 0 Å². The SMILES string of the molecule is b1nccc2c1ccc1c3cc4ccccc4cc3ccc21. The Labute approximate surface area is 128 Å². The van der Waals surface area contributed by atoms with E-state index in [2.05, 4.69) is 71.6 Å². The fraction of sp³-hybridized carbons (Fsp3) is 0. The van der Waals surface area contributed by atoms with E-state index in [0.29, 0.717) is 0 Å². The van der Waals surface area contributed by atoms with E-state index >= 15 is 0 Å². The molecule has 0 aliphatic heterocycles. The van der Waals surface area contributed by atoms with Gasteiger partial charge in [-0.3, -0.25) is 0 Å². The summed E-state index contributed by atoms with van der Waals surface area (Å²) in [6.45, 7) is 0. The molecule has 0 amide bonds. The molecule has 0 atom stereocenters. The van der Waals surface area contributed by atoms with E-state index in [1.54, 1.807) is 0 Å². The van der Waals surface area contributed by atoms with E-state index in [0.717, 1.165) is 0 Å². The van der Waals surface area contributed by atoms with E-state index in [4.69, 9.17) is 0 Å². The predicted octanol–water partition coefficient (Wildman–Crippen LogP) is 5.03. The molecular weight excluding hydrogens is 265 g/mol. The van der Waals surface area contributed by atoms with Crippen molar-refractivity contribution in [1.82, 2.24) is 4.89 Å². The second kappa shape index (κ2) is 4.38. The Morgan fingerprint density at radius 1 is 0.591 bits per heavy atom. The maximum absolute atomic E-state index is 4.22. The first-order valence-corrected chi connectivity index (χ1v) is 7.48. The van der Waals surface area contributed by atoms with Crippen LogP contribution in [0, 0.1) is 0 Å². The first-order chi connectivity index (χ1) is 10.9. The van der Waals surface area contributed by atoms with Crippen LogP contribution in [-0.2, 0) is 0 Å². The van der Waals surface area contributed by atoms with E-state index < -0.39 is 0 Å². The number of hydrogen-bond donors (Lipinski definition) is 0. The molecule has 1 heterocycles. The van der Waals surface area contributed by atoms with Crippen LogP contribution in [0.25, 0.3) is 43.0 Å². The molecule has 22 heavy (non-hydrogen) atoms. The molecule has 1 nitrogen and oxygen atoms in total. The first-order valence-electron chi connectivity index (χ1n) is 7.48. The Hall–Kier alpha value is -2.74. The fourth-order valence-electron chi connectivity index (χ4n) is 3.41. The number of benzene rings is 4. The van der Waals surface area contributed by atoms with Crippen molar-refractivity contribution in [1.29, 1.82) is 0 Å². The Morgan fingerprint density at radius 2 is 1.36 bits per heavy atom. The maximum atomic E-state index is 4.22. The zero-order chi connectivity index (χ0) is 14.5. The van der Waals surface area contributed by atoms with Crippen LogP contribution in [-0.4, -0.2) is 11.9 Å². The van der Waals surface area contributed by atoms with Gasteiger partial charge in [-0.2, -0.15) is 0 Å². The average molecular weight is 277 g/mol. The van der Waals surface area contributed by atoms with Crippen molar-refractivity contribution in [3.63, 3.8) is 0 Å². The molecule has 0 spiro atoms. The normalized spacial score (nSPS) is 11.5. The van der Waals surface area contributed by atoms with E-state index in [1.807, 2.05) is 13.2 Å². The Kier molecular flexibility index (Phi) is 2.36. The summed E-state index contributed by atoms with van der Waals surface area (Å²) in [5, 5.41) is 10.2. The van der Waals surface area contributed by atoms with Crippen molar-refractivity contribution in [2.24, 2.45) is 0 Å². The molecule has 100 valence electrons. The molecule has 1 aromatic heterocycles. The third-order valence-corrected chi connectivity index (χ3v) is 4.50. The van der Waals surface area contributed by atoms with Crippen molar-refractivity contribution < 1.29 is 0 Å². The van der Waals surface area contributed by atoms with Crippen molar-refractivity contribution in [3.8, 4) is 0 Å². The summed E-state index contributed by atoms with van der Waals surface area (Å²) in [4.78, 5) is 4.22. The summed E-state index contributed by atoms with van der Waals surface area (Å²) in [6, 6.07) is 24.1. The second-order valence-corrected chi connectivity index (χ2v) is 5.74. The van der Waals surface area contributed by atoms with Crippen LogP contribution in [0.3, 0.4) is 0 Å². The van der Waals surface area contributed by atoms with Crippen molar-refractivity contribution >= 4 is 50.0 Å². The van der Waals surface area contributed by atoms with Gasteiger partial charge in [0.25, 0.3) is 0 Å². The third-order valence-electron chi connectivity index (χ3n) is 4.50. The molecule has 0 bridgehead atoms. The first kappa shape index (κ1) is 11.9. The number of fused-ring (bicyclic) bond motifs is 6. The van der Waals surface area contributed by atoms with Gasteiger partial charge >= 0.3 is 128 Å². The third kappa shape index (κ3) is 1.61. The number of hydrogen-bond acceptors (Lipinski definition) is 1. The standard InChI is InChI=1S/C20H12BN/c1-2-4-14-12-19-15(11-13(14)3-1)5-6-16-17(19)7-8-20-18(16)9-10-22-21-20/h1-12H. The van der Waals surface area contributed by atoms with E-state index in [-0.39, 0.29) is 0 Å². The Bertz CT molecular complexity index is 1170. The van der Waals surface area contributed by atoms with Crippen LogP contribution in [0.4, 0.5) is 0 Å². The summed E-state index contributed by atoms with van der Waals surface area (Å²) >= 11 is 0. The molecule has 0 radical (unpaired) electrons. The number of rotatable bonds is 0. The summed E-state index contributed by atoms with van der Waals surface area (Å²) in [6.07, 6.45) is 1.87. The molecule has 2 heteroatoms. The van der Waals surface area contributed by atoms with E-state index in [9.17, 15) is 0 Å². The van der Waals surface area contributed by atoms with Crippen LogP contribution in [0.15, 0.2) is 72.9 Å². The topological polar surface area (TPSA) is 12.9 Å². The van der Waals surface area contributed by atoms with Gasteiger partial charge in [-0.25, -0.2) is 0 Å². The molecule has 0 aliphatic rings. The zero-order valence-electron chi connectivity index (χ0n) is 12.0. The van der Waals surface area contributed by atoms with Crippen molar-refractivity contribution in [2.45, 2.75) is 0 Å². The molecule has 0 aliphatic carbocycles. The quantitative estimate of drug-likeness (QED) is 0.285. The molecule has 0 saturated carbocycles. The van der Waals surface area contributed by atoms with Gasteiger partial charge in [0.05, 0.1) is 0 Å². The van der Waals surface area contributed by atoms with Gasteiger partial charge in [-0.05, 0) is 0 Å². The number of aromatic nitrogens is 1. The van der Waals surface area contributed by atoms with Crippen molar-refractivity contribution in [2.75, 3.05) is 0 Å². The summed E-state index contributed by atoms with van der Waals surface area (Å²) in [7, 11) is 1.93. The second-order valence-electron chi connectivity index (χ2n) is 5.74. The minimum absolute atomic E-state index is 1.19.